The Balaban J connectivity index is 2.86. The van der Waals surface area contributed by atoms with Gasteiger partial charge in [0.25, 0.3) is 4.82 Å². The van der Waals surface area contributed by atoms with Crippen molar-refractivity contribution in [3.8, 4) is 0 Å². The lowest BCUT2D eigenvalue weighted by atomic mass is 10.2. The smallest absolute Gasteiger partial charge is 0.289 e. The molecule has 1 amide bonds. The maximum absolute atomic E-state index is 11.6. The lowest BCUT2D eigenvalue weighted by Crippen LogP contribution is -2.19. The Morgan fingerprint density at radius 1 is 1.29 bits per heavy atom. The van der Waals surface area contributed by atoms with Crippen LogP contribution in [-0.2, 0) is 16.4 Å². The van der Waals surface area contributed by atoms with E-state index in [1.54, 1.807) is 38.2 Å². The van der Waals surface area contributed by atoms with Gasteiger partial charge < -0.3 is 4.90 Å². The van der Waals surface area contributed by atoms with Crippen LogP contribution in [0.25, 0.3) is 0 Å². The number of nitrogens with zero attached hydrogens (tertiary/aromatic N) is 1. The van der Waals surface area contributed by atoms with Crippen molar-refractivity contribution < 1.29 is 13.2 Å². The van der Waals surface area contributed by atoms with Gasteiger partial charge in [0.15, 0.2) is 9.84 Å². The second-order valence-corrected chi connectivity index (χ2v) is 6.61. The Hall–Kier alpha value is -0.880. The monoisotopic (exact) mass is 319 g/mol. The molecule has 0 heterocycles. The third-order valence-corrected chi connectivity index (χ3v) is 4.74. The van der Waals surface area contributed by atoms with Crippen LogP contribution >= 0.6 is 15.9 Å². The lowest BCUT2D eigenvalue weighted by Gasteiger charge is -2.13. The second-order valence-electron chi connectivity index (χ2n) is 3.66. The zero-order chi connectivity index (χ0) is 13.1. The molecule has 0 fully saturated rings. The van der Waals surface area contributed by atoms with Gasteiger partial charge in [-0.05, 0) is 17.7 Å². The SMILES string of the molecule is CCS(=O)(=O)c1ccc(CN(C)C(=O)Br)cc1. The van der Waals surface area contributed by atoms with Crippen LogP contribution < -0.4 is 0 Å². The number of benzene rings is 1. The highest BCUT2D eigenvalue weighted by molar-refractivity contribution is 9.18. The maximum atomic E-state index is 11.6. The zero-order valence-corrected chi connectivity index (χ0v) is 12.1. The van der Waals surface area contributed by atoms with Crippen LogP contribution in [0.5, 0.6) is 0 Å². The quantitative estimate of drug-likeness (QED) is 0.632. The molecule has 0 aliphatic rings. The van der Waals surface area contributed by atoms with Crippen molar-refractivity contribution in [2.45, 2.75) is 18.4 Å². The molecule has 0 atom stereocenters. The van der Waals surface area contributed by atoms with Crippen LogP contribution in [0.3, 0.4) is 0 Å². The Kier molecular flexibility index (Phi) is 4.70. The van der Waals surface area contributed by atoms with Crippen LogP contribution in [0.2, 0.25) is 0 Å². The Morgan fingerprint density at radius 3 is 2.24 bits per heavy atom. The fraction of sp³-hybridized carbons (Fsp3) is 0.364. The van der Waals surface area contributed by atoms with Gasteiger partial charge in [0, 0.05) is 29.5 Å². The molecule has 1 aromatic carbocycles. The van der Waals surface area contributed by atoms with Gasteiger partial charge in [0.05, 0.1) is 10.6 Å². The van der Waals surface area contributed by atoms with E-state index in [0.717, 1.165) is 5.56 Å². The fourth-order valence-electron chi connectivity index (χ4n) is 1.30. The Bertz CT molecular complexity index is 496. The fourth-order valence-corrected chi connectivity index (χ4v) is 2.31. The highest BCUT2D eigenvalue weighted by Gasteiger charge is 2.11. The topological polar surface area (TPSA) is 54.5 Å². The molecule has 0 saturated heterocycles. The first kappa shape index (κ1) is 14.2. The summed E-state index contributed by atoms with van der Waals surface area (Å²) in [5.74, 6) is 0.0894. The van der Waals surface area contributed by atoms with Crippen molar-refractivity contribution in [1.82, 2.24) is 4.90 Å². The van der Waals surface area contributed by atoms with Crippen LogP contribution in [0.1, 0.15) is 12.5 Å². The number of hydrogen-bond acceptors (Lipinski definition) is 3. The summed E-state index contributed by atoms with van der Waals surface area (Å²) in [5.41, 5.74) is 0.885. The Morgan fingerprint density at radius 2 is 1.82 bits per heavy atom. The van der Waals surface area contributed by atoms with Crippen molar-refractivity contribution in [1.29, 1.82) is 0 Å². The largest absolute Gasteiger partial charge is 0.332 e. The van der Waals surface area contributed by atoms with Crippen molar-refractivity contribution in [2.75, 3.05) is 12.8 Å². The maximum Gasteiger partial charge on any atom is 0.289 e. The second kappa shape index (κ2) is 5.64. The van der Waals surface area contributed by atoms with Gasteiger partial charge in [-0.3, -0.25) is 4.79 Å². The van der Waals surface area contributed by atoms with E-state index in [1.807, 2.05) is 0 Å². The summed E-state index contributed by atoms with van der Waals surface area (Å²) in [6, 6.07) is 6.57. The molecule has 0 spiro atoms. The zero-order valence-electron chi connectivity index (χ0n) is 9.68. The first-order chi connectivity index (χ1) is 7.86. The highest BCUT2D eigenvalue weighted by atomic mass is 79.9. The summed E-state index contributed by atoms with van der Waals surface area (Å²) in [6.07, 6.45) is 0. The van der Waals surface area contributed by atoms with Crippen LogP contribution in [0.15, 0.2) is 29.2 Å². The number of rotatable bonds is 4. The average Bonchev–Trinajstić information content (AvgIpc) is 2.29. The molecule has 0 aromatic heterocycles. The molecule has 0 N–H and O–H groups in total. The van der Waals surface area contributed by atoms with Crippen LogP contribution in [-0.4, -0.2) is 30.9 Å². The van der Waals surface area contributed by atoms with Gasteiger partial charge in [0.2, 0.25) is 0 Å². The summed E-state index contributed by atoms with van der Waals surface area (Å²) < 4.78 is 23.1. The van der Waals surface area contributed by atoms with E-state index >= 15 is 0 Å². The molecule has 94 valence electrons. The van der Waals surface area contributed by atoms with Crippen molar-refractivity contribution in [2.24, 2.45) is 0 Å². The molecule has 0 radical (unpaired) electrons. The number of carbonyl (C=O) groups excluding carboxylic acids is 1. The Labute approximate surface area is 110 Å². The van der Waals surface area contributed by atoms with Crippen LogP contribution in [0.4, 0.5) is 4.79 Å². The van der Waals surface area contributed by atoms with E-state index in [4.69, 9.17) is 0 Å². The molecule has 0 saturated carbocycles. The van der Waals surface area contributed by atoms with Crippen LogP contribution in [0, 0.1) is 0 Å². The minimum Gasteiger partial charge on any atom is -0.332 e. The van der Waals surface area contributed by atoms with Gasteiger partial charge in [0.1, 0.15) is 0 Å². The predicted octanol–water partition coefficient (Wildman–Crippen LogP) is 2.43. The lowest BCUT2D eigenvalue weighted by molar-refractivity contribution is 0.233. The molecule has 1 rings (SSSR count). The molecule has 1 aromatic rings. The van der Waals surface area contributed by atoms with Gasteiger partial charge in [-0.2, -0.15) is 0 Å². The van der Waals surface area contributed by atoms with E-state index in [-0.39, 0.29) is 10.6 Å². The summed E-state index contributed by atoms with van der Waals surface area (Å²) in [6.45, 7) is 2.05. The summed E-state index contributed by atoms with van der Waals surface area (Å²) in [4.78, 5) is 12.6. The van der Waals surface area contributed by atoms with Crippen molar-refractivity contribution in [3.05, 3.63) is 29.8 Å². The normalized spacial score (nSPS) is 11.2. The summed E-state index contributed by atoms with van der Waals surface area (Å²) >= 11 is 2.85. The van der Waals surface area contributed by atoms with E-state index in [1.165, 1.54) is 4.90 Å². The molecule has 6 heteroatoms. The van der Waals surface area contributed by atoms with Crippen molar-refractivity contribution >= 4 is 30.6 Å². The number of amides is 1. The van der Waals surface area contributed by atoms with Gasteiger partial charge in [-0.25, -0.2) is 8.42 Å². The summed E-state index contributed by atoms with van der Waals surface area (Å²) in [5, 5.41) is 0. The van der Waals surface area contributed by atoms with Crippen molar-refractivity contribution in [3.63, 3.8) is 0 Å². The van der Waals surface area contributed by atoms with Gasteiger partial charge in [-0.15, -0.1) is 0 Å². The third-order valence-electron chi connectivity index (χ3n) is 2.38. The van der Waals surface area contributed by atoms with E-state index < -0.39 is 9.84 Å². The highest BCUT2D eigenvalue weighted by Crippen LogP contribution is 2.13. The minimum atomic E-state index is -3.15. The minimum absolute atomic E-state index is 0.0894. The number of halogens is 1. The third kappa shape index (κ3) is 3.81. The summed E-state index contributed by atoms with van der Waals surface area (Å²) in [7, 11) is -1.49. The number of hydrogen-bond donors (Lipinski definition) is 0. The number of carbonyl (C=O) groups is 1. The average molecular weight is 320 g/mol. The van der Waals surface area contributed by atoms with Gasteiger partial charge >= 0.3 is 0 Å². The molecule has 4 nitrogen and oxygen atoms in total. The molecular formula is C11H14BrNO3S. The standard InChI is InChI=1S/C11H14BrNO3S/c1-3-17(15,16)10-6-4-9(5-7-10)8-13(2)11(12)14/h4-7H,3,8H2,1-2H3. The molecule has 0 bridgehead atoms. The van der Waals surface area contributed by atoms with E-state index in [9.17, 15) is 13.2 Å². The molecule has 17 heavy (non-hydrogen) atoms. The van der Waals surface area contributed by atoms with Gasteiger partial charge in [-0.1, -0.05) is 19.1 Å². The first-order valence-electron chi connectivity index (χ1n) is 5.09. The molecule has 0 unspecified atom stereocenters. The molecule has 0 aliphatic carbocycles. The molecule has 0 aliphatic heterocycles. The molecular weight excluding hydrogens is 306 g/mol. The number of sulfone groups is 1. The first-order valence-corrected chi connectivity index (χ1v) is 7.53. The van der Waals surface area contributed by atoms with E-state index in [2.05, 4.69) is 15.9 Å². The van der Waals surface area contributed by atoms with E-state index in [0.29, 0.717) is 11.4 Å². The predicted molar refractivity (Wildman–Crippen MR) is 70.0 cm³/mol.